The summed E-state index contributed by atoms with van der Waals surface area (Å²) >= 11 is 0. The molecular formula is C25H30N8. The van der Waals surface area contributed by atoms with Gasteiger partial charge < -0.3 is 20.4 Å². The van der Waals surface area contributed by atoms with Crippen molar-refractivity contribution in [2.24, 2.45) is 5.92 Å². The van der Waals surface area contributed by atoms with Crippen molar-refractivity contribution in [2.45, 2.75) is 25.9 Å². The molecule has 8 heteroatoms. The number of hydrogen-bond acceptors (Lipinski definition) is 8. The number of piperidine rings is 1. The Hall–Kier alpha value is -3.28. The van der Waals surface area contributed by atoms with Crippen LogP contribution >= 0.6 is 0 Å². The largest absolute Gasteiger partial charge is 0.369 e. The third-order valence-corrected chi connectivity index (χ3v) is 6.55. The molecule has 0 unspecified atom stereocenters. The van der Waals surface area contributed by atoms with Crippen LogP contribution in [0.4, 0.5) is 11.6 Å². The van der Waals surface area contributed by atoms with Crippen molar-refractivity contribution in [3.05, 3.63) is 54.0 Å². The molecule has 2 saturated heterocycles. The van der Waals surface area contributed by atoms with E-state index in [4.69, 9.17) is 0 Å². The van der Waals surface area contributed by atoms with E-state index in [2.05, 4.69) is 60.5 Å². The monoisotopic (exact) mass is 442 g/mol. The van der Waals surface area contributed by atoms with E-state index in [0.29, 0.717) is 17.5 Å². The summed E-state index contributed by atoms with van der Waals surface area (Å²) in [7, 11) is 0. The summed E-state index contributed by atoms with van der Waals surface area (Å²) in [6.07, 6.45) is 6.77. The number of rotatable bonds is 5. The zero-order valence-corrected chi connectivity index (χ0v) is 19.0. The van der Waals surface area contributed by atoms with Gasteiger partial charge in [0.2, 0.25) is 5.95 Å². The highest BCUT2D eigenvalue weighted by Crippen LogP contribution is 2.31. The number of hydrogen-bond donors (Lipinski definition) is 2. The molecule has 0 radical (unpaired) electrons. The lowest BCUT2D eigenvalue weighted by molar-refractivity contribution is 0.350. The number of fused-ring (bicyclic) bond motifs is 1. The summed E-state index contributed by atoms with van der Waals surface area (Å²) in [4.78, 5) is 18.3. The molecule has 170 valence electrons. The Morgan fingerprint density at radius 2 is 1.91 bits per heavy atom. The number of aromatic nitrogens is 3. The highest BCUT2D eigenvalue weighted by atomic mass is 15.3. The number of nitrogens with zero attached hydrogens (tertiary/aromatic N) is 6. The molecule has 2 fully saturated rings. The van der Waals surface area contributed by atoms with Crippen molar-refractivity contribution in [1.82, 2.24) is 25.6 Å². The number of nitrogens with one attached hydrogen (secondary N) is 2. The van der Waals surface area contributed by atoms with Gasteiger partial charge in [-0.05, 0) is 36.6 Å². The molecule has 2 aromatic heterocycles. The summed E-state index contributed by atoms with van der Waals surface area (Å²) in [6.45, 7) is 8.83. The molecule has 4 heterocycles. The van der Waals surface area contributed by atoms with Crippen LogP contribution in [-0.4, -0.2) is 60.3 Å². The number of pyridine rings is 1. The molecule has 0 spiro atoms. The van der Waals surface area contributed by atoms with Gasteiger partial charge in [-0.1, -0.05) is 6.92 Å². The minimum Gasteiger partial charge on any atom is -0.369 e. The Morgan fingerprint density at radius 3 is 2.70 bits per heavy atom. The first kappa shape index (κ1) is 21.6. The van der Waals surface area contributed by atoms with E-state index < -0.39 is 0 Å². The lowest BCUT2D eigenvalue weighted by atomic mass is 9.94. The van der Waals surface area contributed by atoms with Gasteiger partial charge in [0.15, 0.2) is 0 Å². The third-order valence-electron chi connectivity index (χ3n) is 6.55. The summed E-state index contributed by atoms with van der Waals surface area (Å²) in [5, 5.41) is 17.6. The summed E-state index contributed by atoms with van der Waals surface area (Å²) < 4.78 is 0. The SMILES string of the molecule is C[C@H]1C[C@@H](NCc2cnc(N3CCNCC3)nc2)CN(c2ccc(C#N)c3ncccc23)C1. The molecule has 2 N–H and O–H groups in total. The van der Waals surface area contributed by atoms with E-state index in [-0.39, 0.29) is 0 Å². The first-order chi connectivity index (χ1) is 16.2. The maximum atomic E-state index is 9.46. The van der Waals surface area contributed by atoms with E-state index in [9.17, 15) is 5.26 Å². The van der Waals surface area contributed by atoms with Crippen LogP contribution in [0.3, 0.4) is 0 Å². The van der Waals surface area contributed by atoms with Crippen molar-refractivity contribution in [2.75, 3.05) is 49.1 Å². The Morgan fingerprint density at radius 1 is 1.09 bits per heavy atom. The quantitative estimate of drug-likeness (QED) is 0.622. The second-order valence-corrected chi connectivity index (χ2v) is 9.10. The predicted octanol–water partition coefficient (Wildman–Crippen LogP) is 2.31. The molecule has 2 atom stereocenters. The van der Waals surface area contributed by atoms with E-state index in [1.165, 1.54) is 0 Å². The van der Waals surface area contributed by atoms with Crippen LogP contribution in [0.1, 0.15) is 24.5 Å². The van der Waals surface area contributed by atoms with Crippen LogP contribution in [0.15, 0.2) is 42.9 Å². The van der Waals surface area contributed by atoms with Crippen LogP contribution in [-0.2, 0) is 6.54 Å². The number of anilines is 2. The fourth-order valence-corrected chi connectivity index (χ4v) is 4.95. The van der Waals surface area contributed by atoms with Gasteiger partial charge in [-0.2, -0.15) is 5.26 Å². The van der Waals surface area contributed by atoms with Gasteiger partial charge in [-0.25, -0.2) is 9.97 Å². The molecule has 0 amide bonds. The summed E-state index contributed by atoms with van der Waals surface area (Å²) in [6, 6.07) is 10.6. The van der Waals surface area contributed by atoms with Gasteiger partial charge in [0.1, 0.15) is 6.07 Å². The smallest absolute Gasteiger partial charge is 0.225 e. The minimum absolute atomic E-state index is 0.365. The molecule has 3 aromatic rings. The highest BCUT2D eigenvalue weighted by Gasteiger charge is 2.26. The van der Waals surface area contributed by atoms with Gasteiger partial charge in [-0.15, -0.1) is 0 Å². The normalized spacial score (nSPS) is 21.2. The number of benzene rings is 1. The Labute approximate surface area is 194 Å². The van der Waals surface area contributed by atoms with E-state index >= 15 is 0 Å². The molecule has 2 aliphatic rings. The zero-order valence-electron chi connectivity index (χ0n) is 19.0. The molecule has 5 rings (SSSR count). The van der Waals surface area contributed by atoms with E-state index in [1.807, 2.05) is 24.5 Å². The number of nitriles is 1. The molecule has 8 nitrogen and oxygen atoms in total. The van der Waals surface area contributed by atoms with Crippen LogP contribution in [0.5, 0.6) is 0 Å². The van der Waals surface area contributed by atoms with Gasteiger partial charge >= 0.3 is 0 Å². The van der Waals surface area contributed by atoms with E-state index in [0.717, 1.165) is 80.3 Å². The maximum absolute atomic E-state index is 9.46. The Kier molecular flexibility index (Phi) is 6.33. The lowest BCUT2D eigenvalue weighted by Gasteiger charge is -2.39. The topological polar surface area (TPSA) is 93.0 Å². The predicted molar refractivity (Wildman–Crippen MR) is 130 cm³/mol. The zero-order chi connectivity index (χ0) is 22.6. The standard InChI is InChI=1S/C25H30N8/c1-18-11-21(29-13-19-14-30-25(31-15-19)32-9-7-27-8-10-32)17-33(16-18)23-5-4-20(12-26)24-22(23)3-2-6-28-24/h2-6,14-15,18,21,27,29H,7-11,13,16-17H2,1H3/t18-,21+/m0/s1. The average molecular weight is 443 g/mol. The second kappa shape index (κ2) is 9.69. The molecule has 33 heavy (non-hydrogen) atoms. The van der Waals surface area contributed by atoms with E-state index in [1.54, 1.807) is 6.20 Å². The molecule has 2 aliphatic heterocycles. The summed E-state index contributed by atoms with van der Waals surface area (Å²) in [5.41, 5.74) is 3.66. The molecule has 1 aromatic carbocycles. The maximum Gasteiger partial charge on any atom is 0.225 e. The van der Waals surface area contributed by atoms with Gasteiger partial charge in [0.25, 0.3) is 0 Å². The number of piperazine rings is 1. The first-order valence-electron chi connectivity index (χ1n) is 11.7. The van der Waals surface area contributed by atoms with Gasteiger partial charge in [-0.3, -0.25) is 4.98 Å². The fraction of sp³-hybridized carbons (Fsp3) is 0.440. The third kappa shape index (κ3) is 4.75. The van der Waals surface area contributed by atoms with Crippen molar-refractivity contribution < 1.29 is 0 Å². The summed E-state index contributed by atoms with van der Waals surface area (Å²) in [5.74, 6) is 1.38. The molecular weight excluding hydrogens is 412 g/mol. The lowest BCUT2D eigenvalue weighted by Crippen LogP contribution is -2.48. The highest BCUT2D eigenvalue weighted by molar-refractivity contribution is 5.95. The molecule has 0 saturated carbocycles. The van der Waals surface area contributed by atoms with Crippen LogP contribution in [0, 0.1) is 17.2 Å². The van der Waals surface area contributed by atoms with Crippen LogP contribution in [0.2, 0.25) is 0 Å². The fourth-order valence-electron chi connectivity index (χ4n) is 4.95. The van der Waals surface area contributed by atoms with Crippen molar-refractivity contribution in [3.8, 4) is 6.07 Å². The first-order valence-corrected chi connectivity index (χ1v) is 11.7. The van der Waals surface area contributed by atoms with Gasteiger partial charge in [0.05, 0.1) is 11.1 Å². The van der Waals surface area contributed by atoms with Crippen molar-refractivity contribution in [3.63, 3.8) is 0 Å². The minimum atomic E-state index is 0.365. The van der Waals surface area contributed by atoms with Crippen molar-refractivity contribution in [1.29, 1.82) is 5.26 Å². The Balaban J connectivity index is 1.26. The average Bonchev–Trinajstić information content (AvgIpc) is 2.87. The van der Waals surface area contributed by atoms with Crippen molar-refractivity contribution >= 4 is 22.5 Å². The van der Waals surface area contributed by atoms with Crippen LogP contribution in [0.25, 0.3) is 10.9 Å². The van der Waals surface area contributed by atoms with Gasteiger partial charge in [0, 0.05) is 87.1 Å². The van der Waals surface area contributed by atoms with Crippen LogP contribution < -0.4 is 20.4 Å². The molecule has 0 aliphatic carbocycles. The second-order valence-electron chi connectivity index (χ2n) is 9.10. The Bertz CT molecular complexity index is 1130. The molecule has 0 bridgehead atoms.